The molecule has 2 aromatic rings. The number of hydrogen-bond acceptors (Lipinski definition) is 3. The Morgan fingerprint density at radius 1 is 0.960 bits per heavy atom. The molecule has 4 nitrogen and oxygen atoms in total. The maximum absolute atomic E-state index is 12.6. The predicted octanol–water partition coefficient (Wildman–Crippen LogP) is 3.60. The number of nitrogens with zero attached hydrogens (tertiary/aromatic N) is 1. The largest absolute Gasteiger partial charge is 0.436 e. The molecule has 1 atom stereocenters. The minimum absolute atomic E-state index is 0.210. The summed E-state index contributed by atoms with van der Waals surface area (Å²) >= 11 is 0. The van der Waals surface area contributed by atoms with Gasteiger partial charge in [0.25, 0.3) is 0 Å². The Hall–Kier alpha value is -2.33. The normalized spacial score (nSPS) is 24.9. The van der Waals surface area contributed by atoms with Crippen LogP contribution in [0.25, 0.3) is 0 Å². The molecule has 4 heteroatoms. The first-order valence-corrected chi connectivity index (χ1v) is 9.09. The van der Waals surface area contributed by atoms with Gasteiger partial charge in [-0.15, -0.1) is 0 Å². The average Bonchev–Trinajstić information content (AvgIpc) is 2.68. The zero-order valence-corrected chi connectivity index (χ0v) is 14.3. The van der Waals surface area contributed by atoms with E-state index in [0.29, 0.717) is 5.92 Å². The van der Waals surface area contributed by atoms with Crippen LogP contribution in [0.2, 0.25) is 0 Å². The van der Waals surface area contributed by atoms with Crippen molar-refractivity contribution in [1.29, 1.82) is 0 Å². The Labute approximate surface area is 148 Å². The van der Waals surface area contributed by atoms with Gasteiger partial charge < -0.3 is 15.0 Å². The maximum atomic E-state index is 12.6. The van der Waals surface area contributed by atoms with Gasteiger partial charge in [-0.2, -0.15) is 0 Å². The lowest BCUT2D eigenvalue weighted by atomic mass is 9.84. The molecule has 1 amide bonds. The summed E-state index contributed by atoms with van der Waals surface area (Å²) in [7, 11) is 0. The van der Waals surface area contributed by atoms with Crippen molar-refractivity contribution in [2.24, 2.45) is 5.92 Å². The van der Waals surface area contributed by atoms with Crippen LogP contribution in [-0.4, -0.2) is 36.7 Å². The minimum atomic E-state index is -0.386. The molecule has 3 heterocycles. The van der Waals surface area contributed by atoms with Gasteiger partial charge in [0.15, 0.2) is 6.10 Å². The Morgan fingerprint density at radius 2 is 1.52 bits per heavy atom. The third-order valence-corrected chi connectivity index (χ3v) is 5.39. The van der Waals surface area contributed by atoms with Gasteiger partial charge in [-0.05, 0) is 43.0 Å². The molecule has 3 saturated heterocycles. The summed E-state index contributed by atoms with van der Waals surface area (Å²) in [5, 5.41) is 3.12. The van der Waals surface area contributed by atoms with Crippen LogP contribution >= 0.6 is 0 Å². The fourth-order valence-corrected chi connectivity index (χ4v) is 4.01. The number of benzene rings is 2. The molecule has 0 aromatic heterocycles. The van der Waals surface area contributed by atoms with E-state index >= 15 is 0 Å². The molecular formula is C21H24N2O2. The lowest BCUT2D eigenvalue weighted by Crippen LogP contribution is -2.57. The second-order valence-corrected chi connectivity index (χ2v) is 7.00. The van der Waals surface area contributed by atoms with Crippen LogP contribution in [0.1, 0.15) is 30.1 Å². The third-order valence-electron chi connectivity index (χ3n) is 5.39. The summed E-state index contributed by atoms with van der Waals surface area (Å²) < 4.78 is 5.86. The van der Waals surface area contributed by atoms with E-state index in [1.54, 1.807) is 0 Å². The van der Waals surface area contributed by atoms with Crippen molar-refractivity contribution in [3.8, 4) is 0 Å². The quantitative estimate of drug-likeness (QED) is 0.927. The highest BCUT2D eigenvalue weighted by Crippen LogP contribution is 2.29. The van der Waals surface area contributed by atoms with E-state index in [1.807, 2.05) is 60.7 Å². The molecule has 25 heavy (non-hydrogen) atoms. The van der Waals surface area contributed by atoms with Crippen molar-refractivity contribution >= 4 is 6.09 Å². The number of fused-ring (bicyclic) bond motifs is 3. The van der Waals surface area contributed by atoms with Crippen molar-refractivity contribution in [1.82, 2.24) is 10.2 Å². The van der Waals surface area contributed by atoms with Crippen molar-refractivity contribution in [2.75, 3.05) is 19.6 Å². The molecule has 130 valence electrons. The summed E-state index contributed by atoms with van der Waals surface area (Å²) in [6, 6.07) is 20.0. The topological polar surface area (TPSA) is 41.6 Å². The molecule has 0 saturated carbocycles. The van der Waals surface area contributed by atoms with E-state index in [0.717, 1.165) is 30.8 Å². The van der Waals surface area contributed by atoms with Gasteiger partial charge in [0.2, 0.25) is 0 Å². The van der Waals surface area contributed by atoms with Crippen LogP contribution in [0.5, 0.6) is 0 Å². The maximum Gasteiger partial charge on any atom is 0.408 e. The van der Waals surface area contributed by atoms with E-state index in [4.69, 9.17) is 4.74 Å². The first-order chi connectivity index (χ1) is 12.3. The van der Waals surface area contributed by atoms with Gasteiger partial charge >= 0.3 is 6.09 Å². The number of alkyl carbamates (subject to hydrolysis) is 1. The first-order valence-electron chi connectivity index (χ1n) is 9.09. The molecule has 3 aliphatic heterocycles. The van der Waals surface area contributed by atoms with Gasteiger partial charge in [0.05, 0.1) is 0 Å². The number of piperidine rings is 3. The molecule has 0 radical (unpaired) electrons. The van der Waals surface area contributed by atoms with Gasteiger partial charge in [-0.3, -0.25) is 0 Å². The molecule has 0 aliphatic carbocycles. The summed E-state index contributed by atoms with van der Waals surface area (Å²) in [4.78, 5) is 15.0. The molecule has 0 unspecified atom stereocenters. The summed E-state index contributed by atoms with van der Waals surface area (Å²) in [6.07, 6.45) is 1.64. The Morgan fingerprint density at radius 3 is 2.00 bits per heavy atom. The van der Waals surface area contributed by atoms with Gasteiger partial charge in [0.1, 0.15) is 0 Å². The molecular weight excluding hydrogens is 312 g/mol. The van der Waals surface area contributed by atoms with E-state index in [1.165, 1.54) is 12.8 Å². The fourth-order valence-electron chi connectivity index (χ4n) is 4.01. The lowest BCUT2D eigenvalue weighted by Gasteiger charge is -2.44. The van der Waals surface area contributed by atoms with Crippen LogP contribution in [0.15, 0.2) is 60.7 Å². The second-order valence-electron chi connectivity index (χ2n) is 7.00. The Bertz CT molecular complexity index is 657. The third kappa shape index (κ3) is 3.69. The molecule has 2 aromatic carbocycles. The summed E-state index contributed by atoms with van der Waals surface area (Å²) in [5.74, 6) is 0.587. The molecule has 1 N–H and O–H groups in total. The van der Waals surface area contributed by atoms with Crippen molar-refractivity contribution in [3.63, 3.8) is 0 Å². The zero-order valence-electron chi connectivity index (χ0n) is 14.3. The van der Waals surface area contributed by atoms with Crippen LogP contribution in [0.3, 0.4) is 0 Å². The van der Waals surface area contributed by atoms with Gasteiger partial charge in [0, 0.05) is 12.6 Å². The SMILES string of the molecule is O=C(N[C@H]1CN2CCC1CC2)OC(c1ccccc1)c1ccccc1. The number of nitrogens with one attached hydrogen (secondary N) is 1. The average molecular weight is 336 g/mol. The van der Waals surface area contributed by atoms with Crippen molar-refractivity contribution in [3.05, 3.63) is 71.8 Å². The van der Waals surface area contributed by atoms with Crippen molar-refractivity contribution in [2.45, 2.75) is 25.0 Å². The lowest BCUT2D eigenvalue weighted by molar-refractivity contribution is 0.0593. The molecule has 3 aliphatic rings. The fraction of sp³-hybridized carbons (Fsp3) is 0.381. The monoisotopic (exact) mass is 336 g/mol. The number of carbonyl (C=O) groups excluding carboxylic acids is 1. The Balaban J connectivity index is 1.48. The second kappa shape index (κ2) is 7.28. The van der Waals surface area contributed by atoms with Crippen LogP contribution < -0.4 is 5.32 Å². The number of amides is 1. The number of carbonyl (C=O) groups is 1. The molecule has 2 bridgehead atoms. The van der Waals surface area contributed by atoms with E-state index < -0.39 is 0 Å². The highest BCUT2D eigenvalue weighted by Gasteiger charge is 2.35. The number of hydrogen-bond donors (Lipinski definition) is 1. The first kappa shape index (κ1) is 16.2. The highest BCUT2D eigenvalue weighted by molar-refractivity contribution is 5.68. The molecule has 3 fully saturated rings. The number of rotatable bonds is 4. The van der Waals surface area contributed by atoms with Gasteiger partial charge in [-0.25, -0.2) is 4.79 Å². The molecule has 0 spiro atoms. The van der Waals surface area contributed by atoms with E-state index in [2.05, 4.69) is 10.2 Å². The number of ether oxygens (including phenoxy) is 1. The Kier molecular flexibility index (Phi) is 4.70. The molecule has 5 rings (SSSR count). The standard InChI is InChI=1S/C21H24N2O2/c24-21(22-19-15-23-13-11-16(19)12-14-23)25-20(17-7-3-1-4-8-17)18-9-5-2-6-10-18/h1-10,16,19-20H,11-15H2,(H,22,24)/t19-/m0/s1. The van der Waals surface area contributed by atoms with E-state index in [-0.39, 0.29) is 18.2 Å². The van der Waals surface area contributed by atoms with Crippen LogP contribution in [-0.2, 0) is 4.74 Å². The van der Waals surface area contributed by atoms with Gasteiger partial charge in [-0.1, -0.05) is 60.7 Å². The summed E-state index contributed by atoms with van der Waals surface area (Å²) in [6.45, 7) is 3.27. The minimum Gasteiger partial charge on any atom is -0.436 e. The summed E-state index contributed by atoms with van der Waals surface area (Å²) in [5.41, 5.74) is 1.97. The van der Waals surface area contributed by atoms with Crippen LogP contribution in [0.4, 0.5) is 4.79 Å². The van der Waals surface area contributed by atoms with E-state index in [9.17, 15) is 4.79 Å². The zero-order chi connectivity index (χ0) is 17.1. The van der Waals surface area contributed by atoms with Crippen molar-refractivity contribution < 1.29 is 9.53 Å². The highest BCUT2D eigenvalue weighted by atomic mass is 16.6. The predicted molar refractivity (Wildman–Crippen MR) is 97.3 cm³/mol. The smallest absolute Gasteiger partial charge is 0.408 e. The van der Waals surface area contributed by atoms with Crippen LogP contribution in [0, 0.1) is 5.92 Å².